The van der Waals surface area contributed by atoms with E-state index in [9.17, 15) is 14.4 Å². The number of hydrogen-bond donors (Lipinski definition) is 0. The lowest BCUT2D eigenvalue weighted by molar-refractivity contribution is -0.151. The van der Waals surface area contributed by atoms with Crippen LogP contribution >= 0.6 is 11.3 Å². The first kappa shape index (κ1) is 17.1. The summed E-state index contributed by atoms with van der Waals surface area (Å²) >= 11 is 1.10. The number of carbonyl (C=O) groups excluding carboxylic acids is 2. The SMILES string of the molecule is COC(=O)c1sc2ncn([C@H](C)C(=O)OC(C)C)c(=O)c2c1C. The van der Waals surface area contributed by atoms with Crippen LogP contribution in [0.2, 0.25) is 0 Å². The molecule has 0 fully saturated rings. The fourth-order valence-electron chi connectivity index (χ4n) is 2.14. The van der Waals surface area contributed by atoms with Crippen molar-refractivity contribution in [3.05, 3.63) is 27.1 Å². The Bertz CT molecular complexity index is 821. The highest BCUT2D eigenvalue weighted by Gasteiger charge is 2.24. The fourth-order valence-corrected chi connectivity index (χ4v) is 3.20. The number of esters is 2. The molecule has 0 bridgehead atoms. The lowest BCUT2D eigenvalue weighted by atomic mass is 10.2. The predicted octanol–water partition coefficient (Wildman–Crippen LogP) is 2.07. The molecule has 0 aliphatic carbocycles. The lowest BCUT2D eigenvalue weighted by Crippen LogP contribution is -2.30. The average Bonchev–Trinajstić information content (AvgIpc) is 2.83. The van der Waals surface area contributed by atoms with Gasteiger partial charge in [-0.1, -0.05) is 0 Å². The van der Waals surface area contributed by atoms with E-state index < -0.39 is 18.0 Å². The van der Waals surface area contributed by atoms with Crippen LogP contribution in [0.1, 0.15) is 42.0 Å². The summed E-state index contributed by atoms with van der Waals surface area (Å²) in [5.74, 6) is -1.02. The molecule has 0 aliphatic heterocycles. The maximum atomic E-state index is 12.7. The highest BCUT2D eigenvalue weighted by molar-refractivity contribution is 7.20. The number of rotatable bonds is 4. The van der Waals surface area contributed by atoms with Gasteiger partial charge in [0.1, 0.15) is 15.7 Å². The van der Waals surface area contributed by atoms with Gasteiger partial charge in [0, 0.05) is 0 Å². The maximum Gasteiger partial charge on any atom is 0.348 e. The van der Waals surface area contributed by atoms with Crippen LogP contribution in [0.5, 0.6) is 0 Å². The zero-order valence-corrected chi connectivity index (χ0v) is 14.4. The van der Waals surface area contributed by atoms with Crippen molar-refractivity contribution in [2.45, 2.75) is 39.8 Å². The summed E-state index contributed by atoms with van der Waals surface area (Å²) in [6, 6.07) is -0.803. The fraction of sp³-hybridized carbons (Fsp3) is 0.467. The number of ether oxygens (including phenoxy) is 2. The molecule has 23 heavy (non-hydrogen) atoms. The van der Waals surface area contributed by atoms with Crippen LogP contribution in [0.4, 0.5) is 0 Å². The summed E-state index contributed by atoms with van der Waals surface area (Å²) in [4.78, 5) is 41.4. The van der Waals surface area contributed by atoms with Crippen molar-refractivity contribution >= 4 is 33.5 Å². The van der Waals surface area contributed by atoms with E-state index in [1.807, 2.05) is 0 Å². The Hall–Kier alpha value is -2.22. The van der Waals surface area contributed by atoms with Gasteiger partial charge in [-0.05, 0) is 33.3 Å². The molecule has 0 saturated heterocycles. The van der Waals surface area contributed by atoms with Gasteiger partial charge in [0.05, 0.1) is 24.9 Å². The first-order valence-electron chi connectivity index (χ1n) is 7.07. The van der Waals surface area contributed by atoms with Crippen LogP contribution in [0.3, 0.4) is 0 Å². The summed E-state index contributed by atoms with van der Waals surface area (Å²) < 4.78 is 11.0. The minimum absolute atomic E-state index is 0.272. The Labute approximate surface area is 136 Å². The van der Waals surface area contributed by atoms with E-state index in [0.29, 0.717) is 20.7 Å². The molecular formula is C15H18N2O5S. The highest BCUT2D eigenvalue weighted by atomic mass is 32.1. The first-order chi connectivity index (χ1) is 10.8. The number of aromatic nitrogens is 2. The summed E-state index contributed by atoms with van der Waals surface area (Å²) in [5, 5.41) is 0.321. The molecule has 124 valence electrons. The van der Waals surface area contributed by atoms with E-state index in [1.54, 1.807) is 27.7 Å². The molecule has 1 atom stereocenters. The van der Waals surface area contributed by atoms with Crippen molar-refractivity contribution in [2.24, 2.45) is 0 Å². The Morgan fingerprint density at radius 3 is 2.52 bits per heavy atom. The highest BCUT2D eigenvalue weighted by Crippen LogP contribution is 2.27. The second-order valence-corrected chi connectivity index (χ2v) is 6.35. The molecule has 2 heterocycles. The van der Waals surface area contributed by atoms with E-state index in [-0.39, 0.29) is 11.7 Å². The second-order valence-electron chi connectivity index (χ2n) is 5.35. The molecule has 0 unspecified atom stereocenters. The summed E-state index contributed by atoms with van der Waals surface area (Å²) in [5.41, 5.74) is 0.125. The smallest absolute Gasteiger partial charge is 0.348 e. The molecular weight excluding hydrogens is 320 g/mol. The molecule has 2 rings (SSSR count). The van der Waals surface area contributed by atoms with Gasteiger partial charge in [0.25, 0.3) is 5.56 Å². The molecule has 0 radical (unpaired) electrons. The topological polar surface area (TPSA) is 87.5 Å². The predicted molar refractivity (Wildman–Crippen MR) is 85.9 cm³/mol. The van der Waals surface area contributed by atoms with Gasteiger partial charge < -0.3 is 9.47 Å². The molecule has 8 heteroatoms. The third-order valence-electron chi connectivity index (χ3n) is 3.36. The molecule has 2 aromatic rings. The molecule has 0 saturated carbocycles. The van der Waals surface area contributed by atoms with Crippen molar-refractivity contribution in [1.29, 1.82) is 0 Å². The van der Waals surface area contributed by atoms with E-state index in [2.05, 4.69) is 4.98 Å². The maximum absolute atomic E-state index is 12.7. The number of methoxy groups -OCH3 is 1. The molecule has 7 nitrogen and oxygen atoms in total. The van der Waals surface area contributed by atoms with Gasteiger partial charge in [-0.2, -0.15) is 0 Å². The minimum Gasteiger partial charge on any atom is -0.465 e. The number of fused-ring (bicyclic) bond motifs is 1. The van der Waals surface area contributed by atoms with Crippen LogP contribution in [-0.2, 0) is 14.3 Å². The number of aryl methyl sites for hydroxylation is 1. The second kappa shape index (κ2) is 6.49. The van der Waals surface area contributed by atoms with Crippen molar-refractivity contribution in [3.63, 3.8) is 0 Å². The minimum atomic E-state index is -0.803. The van der Waals surface area contributed by atoms with E-state index >= 15 is 0 Å². The standard InChI is InChI=1S/C15H18N2O5S/c1-7(2)22-14(19)9(4)17-6-16-12-10(13(17)18)8(3)11(23-12)15(20)21-5/h6-7,9H,1-5H3/t9-/m1/s1. The van der Waals surface area contributed by atoms with Crippen LogP contribution < -0.4 is 5.56 Å². The molecule has 0 aromatic carbocycles. The van der Waals surface area contributed by atoms with E-state index in [1.165, 1.54) is 18.0 Å². The molecule has 0 N–H and O–H groups in total. The van der Waals surface area contributed by atoms with Crippen molar-refractivity contribution < 1.29 is 19.1 Å². The van der Waals surface area contributed by atoms with Crippen molar-refractivity contribution in [1.82, 2.24) is 9.55 Å². The quantitative estimate of drug-likeness (QED) is 0.793. The van der Waals surface area contributed by atoms with Gasteiger partial charge in [0.15, 0.2) is 0 Å². The van der Waals surface area contributed by atoms with Gasteiger partial charge in [0.2, 0.25) is 0 Å². The summed E-state index contributed by atoms with van der Waals surface area (Å²) in [6.45, 7) is 6.71. The summed E-state index contributed by atoms with van der Waals surface area (Å²) in [6.07, 6.45) is 1.03. The Morgan fingerprint density at radius 2 is 1.96 bits per heavy atom. The molecule has 0 amide bonds. The van der Waals surface area contributed by atoms with E-state index in [4.69, 9.17) is 9.47 Å². The monoisotopic (exact) mass is 338 g/mol. The van der Waals surface area contributed by atoms with Crippen molar-refractivity contribution in [2.75, 3.05) is 7.11 Å². The van der Waals surface area contributed by atoms with E-state index in [0.717, 1.165) is 11.3 Å². The lowest BCUT2D eigenvalue weighted by Gasteiger charge is -2.15. The van der Waals surface area contributed by atoms with Crippen LogP contribution in [0.15, 0.2) is 11.1 Å². The Balaban J connectivity index is 2.55. The largest absolute Gasteiger partial charge is 0.465 e. The van der Waals surface area contributed by atoms with Crippen molar-refractivity contribution in [3.8, 4) is 0 Å². The number of carbonyl (C=O) groups is 2. The molecule has 2 aromatic heterocycles. The van der Waals surface area contributed by atoms with Crippen LogP contribution in [0.25, 0.3) is 10.2 Å². The van der Waals surface area contributed by atoms with Gasteiger partial charge >= 0.3 is 11.9 Å². The molecule has 0 aliphatic rings. The number of hydrogen-bond acceptors (Lipinski definition) is 7. The van der Waals surface area contributed by atoms with Gasteiger partial charge in [-0.3, -0.25) is 9.36 Å². The third-order valence-corrected chi connectivity index (χ3v) is 4.54. The van der Waals surface area contributed by atoms with Crippen LogP contribution in [0, 0.1) is 6.92 Å². The zero-order valence-electron chi connectivity index (χ0n) is 13.6. The first-order valence-corrected chi connectivity index (χ1v) is 7.88. The van der Waals surface area contributed by atoms with Gasteiger partial charge in [-0.25, -0.2) is 14.6 Å². The normalized spacial score (nSPS) is 12.4. The average molecular weight is 338 g/mol. The number of nitrogens with zero attached hydrogens (tertiary/aromatic N) is 2. The van der Waals surface area contributed by atoms with Crippen LogP contribution in [-0.4, -0.2) is 34.7 Å². The summed E-state index contributed by atoms with van der Waals surface area (Å²) in [7, 11) is 1.28. The number of thiophene rings is 1. The Kier molecular flexibility index (Phi) is 4.84. The third kappa shape index (κ3) is 3.12. The van der Waals surface area contributed by atoms with Gasteiger partial charge in [-0.15, -0.1) is 11.3 Å². The molecule has 0 spiro atoms. The zero-order chi connectivity index (χ0) is 17.3. The Morgan fingerprint density at radius 1 is 1.30 bits per heavy atom.